The normalized spacial score (nSPS) is 22.3. The summed E-state index contributed by atoms with van der Waals surface area (Å²) in [6, 6.07) is 18.3. The molecule has 2 aromatic rings. The SMILES string of the molecule is O=C(NC1CCC(CCN2CCc3ccccc3C2)CC1)Oc1ccccc1. The molecular weight excluding hydrogens is 348 g/mol. The van der Waals surface area contributed by atoms with Gasteiger partial charge in [-0.05, 0) is 74.2 Å². The van der Waals surface area contributed by atoms with E-state index in [1.165, 1.54) is 49.9 Å². The van der Waals surface area contributed by atoms with Crippen LogP contribution in [-0.4, -0.2) is 30.1 Å². The van der Waals surface area contributed by atoms with E-state index in [0.29, 0.717) is 5.75 Å². The molecule has 1 N–H and O–H groups in total. The van der Waals surface area contributed by atoms with Gasteiger partial charge in [0.2, 0.25) is 0 Å². The summed E-state index contributed by atoms with van der Waals surface area (Å²) in [7, 11) is 0. The highest BCUT2D eigenvalue weighted by Crippen LogP contribution is 2.28. The Balaban J connectivity index is 1.15. The molecule has 4 nitrogen and oxygen atoms in total. The van der Waals surface area contributed by atoms with Crippen LogP contribution < -0.4 is 10.1 Å². The van der Waals surface area contributed by atoms with Gasteiger partial charge in [-0.2, -0.15) is 0 Å². The maximum absolute atomic E-state index is 12.1. The third kappa shape index (κ3) is 5.14. The number of ether oxygens (including phenoxy) is 1. The predicted octanol–water partition coefficient (Wildman–Crippen LogP) is 4.78. The van der Waals surface area contributed by atoms with Gasteiger partial charge < -0.3 is 10.1 Å². The van der Waals surface area contributed by atoms with Gasteiger partial charge in [0, 0.05) is 19.1 Å². The minimum atomic E-state index is -0.332. The summed E-state index contributed by atoms with van der Waals surface area (Å²) < 4.78 is 5.34. The summed E-state index contributed by atoms with van der Waals surface area (Å²) in [6.45, 7) is 3.46. The van der Waals surface area contributed by atoms with Gasteiger partial charge in [0.15, 0.2) is 0 Å². The third-order valence-electron chi connectivity index (χ3n) is 6.19. The van der Waals surface area contributed by atoms with E-state index in [9.17, 15) is 4.79 Å². The molecule has 0 atom stereocenters. The van der Waals surface area contributed by atoms with Crippen molar-refractivity contribution >= 4 is 6.09 Å². The second-order valence-electron chi connectivity index (χ2n) is 8.15. The lowest BCUT2D eigenvalue weighted by Gasteiger charge is -2.32. The number of fused-ring (bicyclic) bond motifs is 1. The molecule has 2 aromatic carbocycles. The van der Waals surface area contributed by atoms with Crippen LogP contribution in [0.15, 0.2) is 54.6 Å². The topological polar surface area (TPSA) is 41.6 Å². The van der Waals surface area contributed by atoms with Crippen molar-refractivity contribution in [3.05, 3.63) is 65.7 Å². The van der Waals surface area contributed by atoms with E-state index in [1.807, 2.05) is 18.2 Å². The van der Waals surface area contributed by atoms with E-state index in [2.05, 4.69) is 34.5 Å². The van der Waals surface area contributed by atoms with Gasteiger partial charge in [0.05, 0.1) is 0 Å². The molecule has 148 valence electrons. The number of hydrogen-bond acceptors (Lipinski definition) is 3. The Kier molecular flexibility index (Phi) is 6.27. The fourth-order valence-corrected chi connectivity index (χ4v) is 4.50. The smallest absolute Gasteiger partial charge is 0.410 e. The van der Waals surface area contributed by atoms with Crippen molar-refractivity contribution in [1.82, 2.24) is 10.2 Å². The molecule has 1 aliphatic heterocycles. The van der Waals surface area contributed by atoms with Crippen molar-refractivity contribution in [1.29, 1.82) is 0 Å². The molecule has 28 heavy (non-hydrogen) atoms. The van der Waals surface area contributed by atoms with Crippen LogP contribution in [0, 0.1) is 5.92 Å². The summed E-state index contributed by atoms with van der Waals surface area (Å²) in [6.07, 6.45) is 6.61. The lowest BCUT2D eigenvalue weighted by Crippen LogP contribution is -2.39. The first-order valence-corrected chi connectivity index (χ1v) is 10.6. The van der Waals surface area contributed by atoms with Crippen LogP contribution in [0.25, 0.3) is 0 Å². The Hall–Kier alpha value is -2.33. The average Bonchev–Trinajstić information content (AvgIpc) is 2.74. The number of nitrogens with zero attached hydrogens (tertiary/aromatic N) is 1. The van der Waals surface area contributed by atoms with Crippen molar-refractivity contribution in [2.75, 3.05) is 13.1 Å². The molecule has 0 bridgehead atoms. The van der Waals surface area contributed by atoms with E-state index in [1.54, 1.807) is 12.1 Å². The number of para-hydroxylation sites is 1. The molecule has 1 fully saturated rings. The van der Waals surface area contributed by atoms with Crippen LogP contribution in [0.1, 0.15) is 43.2 Å². The summed E-state index contributed by atoms with van der Waals surface area (Å²) >= 11 is 0. The summed E-state index contributed by atoms with van der Waals surface area (Å²) in [5.41, 5.74) is 3.02. The first-order chi connectivity index (χ1) is 13.8. The van der Waals surface area contributed by atoms with E-state index >= 15 is 0 Å². The molecule has 0 radical (unpaired) electrons. The number of amides is 1. The highest BCUT2D eigenvalue weighted by molar-refractivity contribution is 5.70. The van der Waals surface area contributed by atoms with Crippen LogP contribution in [0.4, 0.5) is 4.79 Å². The van der Waals surface area contributed by atoms with E-state index in [4.69, 9.17) is 4.74 Å². The van der Waals surface area contributed by atoms with Crippen molar-refractivity contribution in [2.45, 2.75) is 51.1 Å². The summed E-state index contributed by atoms with van der Waals surface area (Å²) in [5, 5.41) is 3.03. The third-order valence-corrected chi connectivity index (χ3v) is 6.19. The molecule has 1 saturated carbocycles. The lowest BCUT2D eigenvalue weighted by molar-refractivity contribution is 0.182. The Morgan fingerprint density at radius 1 is 0.964 bits per heavy atom. The molecule has 2 aliphatic rings. The molecule has 1 heterocycles. The van der Waals surface area contributed by atoms with Crippen LogP contribution in [-0.2, 0) is 13.0 Å². The molecule has 4 rings (SSSR count). The fraction of sp³-hybridized carbons (Fsp3) is 0.458. The Bertz CT molecular complexity index is 769. The van der Waals surface area contributed by atoms with E-state index < -0.39 is 0 Å². The summed E-state index contributed by atoms with van der Waals surface area (Å²) in [4.78, 5) is 14.7. The average molecular weight is 379 g/mol. The number of nitrogens with one attached hydrogen (secondary N) is 1. The van der Waals surface area contributed by atoms with Crippen LogP contribution in [0.2, 0.25) is 0 Å². The van der Waals surface area contributed by atoms with Gasteiger partial charge in [0.1, 0.15) is 5.75 Å². The first-order valence-electron chi connectivity index (χ1n) is 10.6. The highest BCUT2D eigenvalue weighted by atomic mass is 16.6. The van der Waals surface area contributed by atoms with Crippen molar-refractivity contribution in [3.8, 4) is 5.75 Å². The molecule has 0 spiro atoms. The van der Waals surface area contributed by atoms with Crippen molar-refractivity contribution in [2.24, 2.45) is 5.92 Å². The number of carbonyl (C=O) groups excluding carboxylic acids is 1. The number of rotatable bonds is 5. The molecule has 0 aromatic heterocycles. The summed E-state index contributed by atoms with van der Waals surface area (Å²) in [5.74, 6) is 1.37. The predicted molar refractivity (Wildman–Crippen MR) is 111 cm³/mol. The largest absolute Gasteiger partial charge is 0.412 e. The highest BCUT2D eigenvalue weighted by Gasteiger charge is 2.24. The van der Waals surface area contributed by atoms with Gasteiger partial charge in [-0.15, -0.1) is 0 Å². The van der Waals surface area contributed by atoms with Crippen LogP contribution in [0.3, 0.4) is 0 Å². The molecule has 0 saturated heterocycles. The molecular formula is C24H30N2O2. The second kappa shape index (κ2) is 9.24. The Morgan fingerprint density at radius 3 is 2.46 bits per heavy atom. The van der Waals surface area contributed by atoms with E-state index in [-0.39, 0.29) is 12.1 Å². The zero-order valence-corrected chi connectivity index (χ0v) is 16.5. The van der Waals surface area contributed by atoms with Crippen LogP contribution in [0.5, 0.6) is 5.75 Å². The first kappa shape index (κ1) is 19.0. The molecule has 1 aliphatic carbocycles. The fourth-order valence-electron chi connectivity index (χ4n) is 4.50. The Morgan fingerprint density at radius 2 is 1.68 bits per heavy atom. The molecule has 0 unspecified atom stereocenters. The van der Waals surface area contributed by atoms with Gasteiger partial charge in [-0.3, -0.25) is 4.90 Å². The van der Waals surface area contributed by atoms with Gasteiger partial charge in [0.25, 0.3) is 0 Å². The quantitative estimate of drug-likeness (QED) is 0.814. The lowest BCUT2D eigenvalue weighted by atomic mass is 9.84. The minimum Gasteiger partial charge on any atom is -0.410 e. The Labute approximate surface area is 167 Å². The van der Waals surface area contributed by atoms with Crippen molar-refractivity contribution in [3.63, 3.8) is 0 Å². The van der Waals surface area contributed by atoms with Gasteiger partial charge in [-0.1, -0.05) is 42.5 Å². The maximum Gasteiger partial charge on any atom is 0.412 e. The second-order valence-corrected chi connectivity index (χ2v) is 8.15. The van der Waals surface area contributed by atoms with E-state index in [0.717, 1.165) is 25.3 Å². The monoisotopic (exact) mass is 378 g/mol. The standard InChI is InChI=1S/C24H30N2O2/c27-24(28-23-8-2-1-3-9-23)25-22-12-10-19(11-13-22)14-16-26-17-15-20-6-4-5-7-21(20)18-26/h1-9,19,22H,10-18H2,(H,25,27). The minimum absolute atomic E-state index is 0.245. The number of hydrogen-bond donors (Lipinski definition) is 1. The zero-order valence-electron chi connectivity index (χ0n) is 16.5. The number of carbonyl (C=O) groups is 1. The molecule has 4 heteroatoms. The molecule has 1 amide bonds. The maximum atomic E-state index is 12.1. The van der Waals surface area contributed by atoms with Crippen LogP contribution >= 0.6 is 0 Å². The van der Waals surface area contributed by atoms with Gasteiger partial charge in [-0.25, -0.2) is 4.79 Å². The number of benzene rings is 2. The van der Waals surface area contributed by atoms with Crippen molar-refractivity contribution < 1.29 is 9.53 Å². The zero-order chi connectivity index (χ0) is 19.2. The van der Waals surface area contributed by atoms with Gasteiger partial charge >= 0.3 is 6.09 Å².